The van der Waals surface area contributed by atoms with Crippen molar-refractivity contribution in [3.05, 3.63) is 30.1 Å². The third-order valence-corrected chi connectivity index (χ3v) is 1.38. The maximum Gasteiger partial charge on any atom is 0.0797 e. The van der Waals surface area contributed by atoms with Gasteiger partial charge in [0.15, 0.2) is 0 Å². The molecule has 1 aromatic heterocycles. The van der Waals surface area contributed by atoms with Crippen molar-refractivity contribution in [3.8, 4) is 0 Å². The lowest BCUT2D eigenvalue weighted by Crippen LogP contribution is -1.94. The fourth-order valence-corrected chi connectivity index (χ4v) is 0.818. The second-order valence-corrected chi connectivity index (χ2v) is 2.16. The maximum absolute atomic E-state index is 5.09. The van der Waals surface area contributed by atoms with E-state index >= 15 is 0 Å². The van der Waals surface area contributed by atoms with Gasteiger partial charge in [0.1, 0.15) is 0 Å². The van der Waals surface area contributed by atoms with E-state index < -0.39 is 0 Å². The first-order valence-electron chi connectivity index (χ1n) is 3.52. The van der Waals surface area contributed by atoms with Gasteiger partial charge in [-0.05, 0) is 24.1 Å². The Hall–Kier alpha value is -1.38. The van der Waals surface area contributed by atoms with Crippen LogP contribution in [0.1, 0.15) is 5.56 Å². The highest BCUT2D eigenvalue weighted by Gasteiger charge is 1.87. The summed E-state index contributed by atoms with van der Waals surface area (Å²) in [5, 5.41) is 0. The van der Waals surface area contributed by atoms with Gasteiger partial charge in [-0.2, -0.15) is 0 Å². The quantitative estimate of drug-likeness (QED) is 0.505. The highest BCUT2D eigenvalue weighted by molar-refractivity contribution is 5.51. The Labute approximate surface area is 66.0 Å². The standard InChI is InChI=1S/C8H11N3/c9-7-11-6-3-8-1-4-10-5-2-8/h1-2,4-5,7H,3,6H2,(H2,9,11). The van der Waals surface area contributed by atoms with Gasteiger partial charge in [-0.25, -0.2) is 0 Å². The van der Waals surface area contributed by atoms with Crippen molar-refractivity contribution in [2.75, 3.05) is 6.54 Å². The summed E-state index contributed by atoms with van der Waals surface area (Å²) < 4.78 is 0. The van der Waals surface area contributed by atoms with Gasteiger partial charge in [0.25, 0.3) is 0 Å². The Morgan fingerprint density at radius 1 is 1.45 bits per heavy atom. The molecule has 0 aliphatic rings. The second kappa shape index (κ2) is 4.44. The summed E-state index contributed by atoms with van der Waals surface area (Å²) in [6, 6.07) is 3.96. The molecular formula is C8H11N3. The summed E-state index contributed by atoms with van der Waals surface area (Å²) in [5.74, 6) is 0. The molecule has 2 N–H and O–H groups in total. The molecule has 0 unspecified atom stereocenters. The van der Waals surface area contributed by atoms with E-state index in [2.05, 4.69) is 9.98 Å². The van der Waals surface area contributed by atoms with E-state index in [-0.39, 0.29) is 0 Å². The molecule has 3 heteroatoms. The smallest absolute Gasteiger partial charge is 0.0797 e. The highest BCUT2D eigenvalue weighted by Crippen LogP contribution is 1.96. The molecule has 1 aromatic rings. The van der Waals surface area contributed by atoms with E-state index in [0.29, 0.717) is 0 Å². The van der Waals surface area contributed by atoms with Crippen molar-refractivity contribution in [1.82, 2.24) is 4.98 Å². The van der Waals surface area contributed by atoms with Crippen LogP contribution >= 0.6 is 0 Å². The molecule has 0 bridgehead atoms. The number of aromatic nitrogens is 1. The minimum absolute atomic E-state index is 0.751. The van der Waals surface area contributed by atoms with Gasteiger partial charge in [0, 0.05) is 18.9 Å². The van der Waals surface area contributed by atoms with Crippen LogP contribution in [0.5, 0.6) is 0 Å². The Kier molecular flexibility index (Phi) is 3.12. The van der Waals surface area contributed by atoms with Gasteiger partial charge in [-0.1, -0.05) is 0 Å². The van der Waals surface area contributed by atoms with Gasteiger partial charge in [-0.3, -0.25) is 9.98 Å². The summed E-state index contributed by atoms with van der Waals surface area (Å²) >= 11 is 0. The van der Waals surface area contributed by atoms with Crippen molar-refractivity contribution < 1.29 is 0 Å². The summed E-state index contributed by atoms with van der Waals surface area (Å²) in [6.45, 7) is 0.751. The molecule has 11 heavy (non-hydrogen) atoms. The van der Waals surface area contributed by atoms with Gasteiger partial charge in [-0.15, -0.1) is 0 Å². The SMILES string of the molecule is NC=NCCc1ccncc1. The number of nitrogens with zero attached hydrogens (tertiary/aromatic N) is 2. The van der Waals surface area contributed by atoms with Crippen LogP contribution in [0.15, 0.2) is 29.5 Å². The molecule has 1 heterocycles. The molecule has 0 spiro atoms. The zero-order valence-electron chi connectivity index (χ0n) is 6.27. The van der Waals surface area contributed by atoms with Crippen molar-refractivity contribution in [2.45, 2.75) is 6.42 Å². The van der Waals surface area contributed by atoms with Crippen molar-refractivity contribution in [1.29, 1.82) is 0 Å². The Bertz CT molecular complexity index is 218. The molecule has 0 atom stereocenters. The molecular weight excluding hydrogens is 138 g/mol. The molecule has 0 fully saturated rings. The lowest BCUT2D eigenvalue weighted by Gasteiger charge is -1.94. The van der Waals surface area contributed by atoms with Crippen LogP contribution in [0.2, 0.25) is 0 Å². The largest absolute Gasteiger partial charge is 0.390 e. The van der Waals surface area contributed by atoms with E-state index in [9.17, 15) is 0 Å². The van der Waals surface area contributed by atoms with Gasteiger partial charge in [0.05, 0.1) is 6.34 Å². The molecule has 0 amide bonds. The molecule has 1 rings (SSSR count). The molecule has 0 saturated carbocycles. The minimum Gasteiger partial charge on any atom is -0.390 e. The predicted molar refractivity (Wildman–Crippen MR) is 45.5 cm³/mol. The highest BCUT2D eigenvalue weighted by atomic mass is 14.8. The van der Waals surface area contributed by atoms with Crippen LogP contribution in [0, 0.1) is 0 Å². The zero-order chi connectivity index (χ0) is 7.94. The summed E-state index contributed by atoms with van der Waals surface area (Å²) in [6.07, 6.45) is 5.82. The Morgan fingerprint density at radius 3 is 2.82 bits per heavy atom. The van der Waals surface area contributed by atoms with Crippen LogP contribution in [0.4, 0.5) is 0 Å². The van der Waals surface area contributed by atoms with Crippen molar-refractivity contribution >= 4 is 6.34 Å². The molecule has 0 aromatic carbocycles. The van der Waals surface area contributed by atoms with Crippen LogP contribution < -0.4 is 5.73 Å². The third kappa shape index (κ3) is 2.80. The van der Waals surface area contributed by atoms with Crippen molar-refractivity contribution in [3.63, 3.8) is 0 Å². The van der Waals surface area contributed by atoms with E-state index in [1.165, 1.54) is 11.9 Å². The molecule has 0 radical (unpaired) electrons. The summed E-state index contributed by atoms with van der Waals surface area (Å²) in [5.41, 5.74) is 6.33. The molecule has 58 valence electrons. The summed E-state index contributed by atoms with van der Waals surface area (Å²) in [4.78, 5) is 7.81. The molecule has 0 saturated heterocycles. The minimum atomic E-state index is 0.751. The van der Waals surface area contributed by atoms with E-state index in [1.807, 2.05) is 12.1 Å². The van der Waals surface area contributed by atoms with Gasteiger partial charge >= 0.3 is 0 Å². The monoisotopic (exact) mass is 149 g/mol. The lowest BCUT2D eigenvalue weighted by atomic mass is 10.2. The number of aliphatic imine (C=N–C) groups is 1. The number of rotatable bonds is 3. The summed E-state index contributed by atoms with van der Waals surface area (Å²) in [7, 11) is 0. The number of hydrogen-bond donors (Lipinski definition) is 1. The van der Waals surface area contributed by atoms with Gasteiger partial charge < -0.3 is 5.73 Å². The van der Waals surface area contributed by atoms with Gasteiger partial charge in [0.2, 0.25) is 0 Å². The van der Waals surface area contributed by atoms with Crippen LogP contribution in [-0.4, -0.2) is 17.9 Å². The molecule has 0 aliphatic carbocycles. The normalized spacial score (nSPS) is 10.5. The third-order valence-electron chi connectivity index (χ3n) is 1.38. The number of nitrogens with two attached hydrogens (primary N) is 1. The van der Waals surface area contributed by atoms with E-state index in [0.717, 1.165) is 13.0 Å². The lowest BCUT2D eigenvalue weighted by molar-refractivity contribution is 0.966. The number of pyridine rings is 1. The Morgan fingerprint density at radius 2 is 2.18 bits per heavy atom. The van der Waals surface area contributed by atoms with Crippen LogP contribution in [0.3, 0.4) is 0 Å². The zero-order valence-corrected chi connectivity index (χ0v) is 6.27. The van der Waals surface area contributed by atoms with E-state index in [4.69, 9.17) is 5.73 Å². The first-order chi connectivity index (χ1) is 5.43. The van der Waals surface area contributed by atoms with E-state index in [1.54, 1.807) is 12.4 Å². The average Bonchev–Trinajstić information content (AvgIpc) is 2.07. The molecule has 0 aliphatic heterocycles. The predicted octanol–water partition coefficient (Wildman–Crippen LogP) is 0.611. The first kappa shape index (κ1) is 7.72. The topological polar surface area (TPSA) is 51.3 Å². The second-order valence-electron chi connectivity index (χ2n) is 2.16. The first-order valence-corrected chi connectivity index (χ1v) is 3.52. The fourth-order valence-electron chi connectivity index (χ4n) is 0.818. The van der Waals surface area contributed by atoms with Crippen LogP contribution in [0.25, 0.3) is 0 Å². The number of hydrogen-bond acceptors (Lipinski definition) is 2. The maximum atomic E-state index is 5.09. The van der Waals surface area contributed by atoms with Crippen molar-refractivity contribution in [2.24, 2.45) is 10.7 Å². The Balaban J connectivity index is 2.39. The van der Waals surface area contributed by atoms with Crippen LogP contribution in [-0.2, 0) is 6.42 Å². The molecule has 3 nitrogen and oxygen atoms in total. The average molecular weight is 149 g/mol. The fraction of sp³-hybridized carbons (Fsp3) is 0.250.